The van der Waals surface area contributed by atoms with Crippen LogP contribution in [0.1, 0.15) is 59.4 Å². The molecule has 2 aromatic carbocycles. The molecule has 0 aromatic heterocycles. The van der Waals surface area contributed by atoms with Crippen molar-refractivity contribution in [1.29, 1.82) is 0 Å². The number of phenols is 1. The SMILES string of the molecule is CCCc1c(OCCCOc2ccc(C(=O)C[C@@H](CSCC(=O)O)C(=O)O)cc2)ccc(C(C)=O)c1O. The highest BCUT2D eigenvalue weighted by molar-refractivity contribution is 7.99. The minimum atomic E-state index is -1.14. The number of ketones is 2. The average Bonchev–Trinajstić information content (AvgIpc) is 2.85. The third-order valence-electron chi connectivity index (χ3n) is 5.44. The summed E-state index contributed by atoms with van der Waals surface area (Å²) in [5, 5.41) is 28.4. The lowest BCUT2D eigenvalue weighted by atomic mass is 10.00. The van der Waals surface area contributed by atoms with Crippen molar-refractivity contribution >= 4 is 35.3 Å². The molecule has 0 radical (unpaired) electrons. The highest BCUT2D eigenvalue weighted by Crippen LogP contribution is 2.33. The van der Waals surface area contributed by atoms with Crippen molar-refractivity contribution in [3.8, 4) is 17.2 Å². The van der Waals surface area contributed by atoms with E-state index in [2.05, 4.69) is 0 Å². The smallest absolute Gasteiger partial charge is 0.313 e. The summed E-state index contributed by atoms with van der Waals surface area (Å²) in [6.07, 6.45) is 1.70. The molecule has 1 atom stereocenters. The molecule has 0 heterocycles. The van der Waals surface area contributed by atoms with Gasteiger partial charge in [0.1, 0.15) is 17.2 Å². The molecule has 0 aliphatic carbocycles. The van der Waals surface area contributed by atoms with E-state index in [0.717, 1.165) is 18.2 Å². The Labute approximate surface area is 219 Å². The number of carbonyl (C=O) groups excluding carboxylic acids is 2. The van der Waals surface area contributed by atoms with Crippen LogP contribution in [-0.4, -0.2) is 63.5 Å². The summed E-state index contributed by atoms with van der Waals surface area (Å²) in [4.78, 5) is 46.2. The van der Waals surface area contributed by atoms with Gasteiger partial charge in [-0.2, -0.15) is 0 Å². The van der Waals surface area contributed by atoms with Crippen molar-refractivity contribution in [2.24, 2.45) is 5.92 Å². The predicted molar refractivity (Wildman–Crippen MR) is 139 cm³/mol. The minimum absolute atomic E-state index is 0.0357. The lowest BCUT2D eigenvalue weighted by Gasteiger charge is -2.15. The zero-order valence-corrected chi connectivity index (χ0v) is 21.7. The number of carboxylic acids is 2. The summed E-state index contributed by atoms with van der Waals surface area (Å²) in [5.41, 5.74) is 1.24. The molecule has 0 bridgehead atoms. The Morgan fingerprint density at radius 2 is 1.65 bits per heavy atom. The maximum atomic E-state index is 12.5. The number of ether oxygens (including phenoxy) is 2. The van der Waals surface area contributed by atoms with E-state index in [1.54, 1.807) is 36.4 Å². The Bertz CT molecular complexity index is 1100. The number of thioether (sulfide) groups is 1. The van der Waals surface area contributed by atoms with Gasteiger partial charge in [-0.1, -0.05) is 13.3 Å². The number of rotatable bonds is 17. The fraction of sp³-hybridized carbons (Fsp3) is 0.407. The number of hydrogen-bond acceptors (Lipinski definition) is 8. The quantitative estimate of drug-likeness (QED) is 0.197. The number of benzene rings is 2. The third-order valence-corrected chi connectivity index (χ3v) is 6.53. The van der Waals surface area contributed by atoms with E-state index in [0.29, 0.717) is 48.7 Å². The van der Waals surface area contributed by atoms with Crippen LogP contribution in [0.5, 0.6) is 17.2 Å². The lowest BCUT2D eigenvalue weighted by molar-refractivity contribution is -0.141. The predicted octanol–water partition coefficient (Wildman–Crippen LogP) is 4.49. The number of Topliss-reactive ketones (excluding diaryl/α,β-unsaturated/α-hetero) is 2. The zero-order chi connectivity index (χ0) is 27.4. The molecule has 2 aromatic rings. The molecule has 10 heteroatoms. The van der Waals surface area contributed by atoms with Crippen LogP contribution in [0.25, 0.3) is 0 Å². The topological polar surface area (TPSA) is 147 Å². The standard InChI is InChI=1S/C27H32O9S/c1-3-5-22-24(11-10-21(17(2)28)26(22)32)36-13-4-12-35-20-8-6-18(7-9-20)23(29)14-19(27(33)34)15-37-16-25(30)31/h6-11,19,32H,3-5,12-16H2,1-2H3,(H,30,31)(H,33,34)/t19-/m0/s1. The molecule has 0 aliphatic heterocycles. The van der Waals surface area contributed by atoms with Gasteiger partial charge in [0.05, 0.1) is 30.4 Å². The first-order valence-electron chi connectivity index (χ1n) is 11.9. The Morgan fingerprint density at radius 3 is 2.24 bits per heavy atom. The van der Waals surface area contributed by atoms with Crippen molar-refractivity contribution in [1.82, 2.24) is 0 Å². The van der Waals surface area contributed by atoms with Crippen LogP contribution in [0.2, 0.25) is 0 Å². The van der Waals surface area contributed by atoms with Crippen LogP contribution in [0.4, 0.5) is 0 Å². The van der Waals surface area contributed by atoms with Crippen LogP contribution in [0, 0.1) is 5.92 Å². The summed E-state index contributed by atoms with van der Waals surface area (Å²) >= 11 is 0.966. The Kier molecular flexibility index (Phi) is 12.0. The van der Waals surface area contributed by atoms with Gasteiger partial charge in [-0.15, -0.1) is 11.8 Å². The van der Waals surface area contributed by atoms with Gasteiger partial charge in [0, 0.05) is 29.7 Å². The second kappa shape index (κ2) is 14.9. The second-order valence-corrected chi connectivity index (χ2v) is 9.42. The van der Waals surface area contributed by atoms with Gasteiger partial charge in [-0.3, -0.25) is 19.2 Å². The first-order valence-corrected chi connectivity index (χ1v) is 13.1. The van der Waals surface area contributed by atoms with Gasteiger partial charge in [0.15, 0.2) is 11.6 Å². The molecule has 0 spiro atoms. The summed E-state index contributed by atoms with van der Waals surface area (Å²) < 4.78 is 11.5. The molecule has 9 nitrogen and oxygen atoms in total. The minimum Gasteiger partial charge on any atom is -0.507 e. The normalized spacial score (nSPS) is 11.5. The molecule has 0 aliphatic rings. The van der Waals surface area contributed by atoms with Gasteiger partial charge >= 0.3 is 11.9 Å². The summed E-state index contributed by atoms with van der Waals surface area (Å²) in [5.74, 6) is -2.83. The highest BCUT2D eigenvalue weighted by atomic mass is 32.2. The van der Waals surface area contributed by atoms with Gasteiger partial charge in [-0.25, -0.2) is 0 Å². The van der Waals surface area contributed by atoms with E-state index in [1.807, 2.05) is 6.92 Å². The molecule has 0 unspecified atom stereocenters. The largest absolute Gasteiger partial charge is 0.507 e. The van der Waals surface area contributed by atoms with Crippen molar-refractivity contribution < 1.29 is 44.0 Å². The van der Waals surface area contributed by atoms with Gasteiger partial charge in [-0.05, 0) is 49.7 Å². The molecule has 2 rings (SSSR count). The van der Waals surface area contributed by atoms with Crippen LogP contribution in [0.3, 0.4) is 0 Å². The van der Waals surface area contributed by atoms with Gasteiger partial charge in [0.25, 0.3) is 0 Å². The average molecular weight is 533 g/mol. The molecule has 3 N–H and O–H groups in total. The van der Waals surface area contributed by atoms with Crippen LogP contribution in [-0.2, 0) is 16.0 Å². The summed E-state index contributed by atoms with van der Waals surface area (Å²) in [7, 11) is 0. The monoisotopic (exact) mass is 532 g/mol. The number of hydrogen-bond donors (Lipinski definition) is 3. The van der Waals surface area contributed by atoms with E-state index in [9.17, 15) is 29.4 Å². The van der Waals surface area contributed by atoms with Crippen molar-refractivity contribution in [3.63, 3.8) is 0 Å². The van der Waals surface area contributed by atoms with Crippen LogP contribution in [0.15, 0.2) is 36.4 Å². The number of carboxylic acid groups (broad SMARTS) is 2. The molecule has 0 fully saturated rings. The fourth-order valence-electron chi connectivity index (χ4n) is 3.54. The first-order chi connectivity index (χ1) is 17.6. The van der Waals surface area contributed by atoms with Crippen molar-refractivity contribution in [2.75, 3.05) is 24.7 Å². The number of phenolic OH excluding ortho intramolecular Hbond substituents is 1. The number of aromatic hydroxyl groups is 1. The Morgan fingerprint density at radius 1 is 0.973 bits per heavy atom. The summed E-state index contributed by atoms with van der Waals surface area (Å²) in [6.45, 7) is 4.06. The lowest BCUT2D eigenvalue weighted by Crippen LogP contribution is -2.21. The van der Waals surface area contributed by atoms with E-state index in [-0.39, 0.29) is 40.8 Å². The van der Waals surface area contributed by atoms with Crippen LogP contribution < -0.4 is 9.47 Å². The van der Waals surface area contributed by atoms with Gasteiger partial charge in [0.2, 0.25) is 0 Å². The molecular weight excluding hydrogens is 500 g/mol. The fourth-order valence-corrected chi connectivity index (χ4v) is 4.38. The van der Waals surface area contributed by atoms with E-state index in [1.165, 1.54) is 6.92 Å². The van der Waals surface area contributed by atoms with Crippen molar-refractivity contribution in [2.45, 2.75) is 39.5 Å². The number of carbonyl (C=O) groups is 4. The zero-order valence-electron chi connectivity index (χ0n) is 20.9. The highest BCUT2D eigenvalue weighted by Gasteiger charge is 2.22. The second-order valence-electron chi connectivity index (χ2n) is 8.39. The Balaban J connectivity index is 1.83. The Hall–Kier alpha value is -3.53. The molecule has 37 heavy (non-hydrogen) atoms. The molecule has 200 valence electrons. The van der Waals surface area contributed by atoms with E-state index < -0.39 is 17.9 Å². The molecule has 0 amide bonds. The van der Waals surface area contributed by atoms with Gasteiger partial charge < -0.3 is 24.8 Å². The third kappa shape index (κ3) is 9.45. The maximum Gasteiger partial charge on any atom is 0.313 e. The maximum absolute atomic E-state index is 12.5. The van der Waals surface area contributed by atoms with Crippen molar-refractivity contribution in [3.05, 3.63) is 53.1 Å². The molecule has 0 saturated heterocycles. The van der Waals surface area contributed by atoms with Crippen LogP contribution >= 0.6 is 11.8 Å². The number of aliphatic carboxylic acids is 2. The first kappa shape index (κ1) is 29.7. The molecular formula is C27H32O9S. The summed E-state index contributed by atoms with van der Waals surface area (Å²) in [6, 6.07) is 9.63. The van der Waals surface area contributed by atoms with E-state index >= 15 is 0 Å². The molecule has 0 saturated carbocycles. The van der Waals surface area contributed by atoms with E-state index in [4.69, 9.17) is 14.6 Å².